The molecular formula is C15H13ClFNOS. The number of hydrogen-bond acceptors (Lipinski definition) is 2. The van der Waals surface area contributed by atoms with Crippen molar-refractivity contribution in [1.82, 2.24) is 0 Å². The zero-order chi connectivity index (χ0) is 14.7. The minimum atomic E-state index is -0.495. The predicted molar refractivity (Wildman–Crippen MR) is 82.8 cm³/mol. The molecule has 0 aliphatic rings. The summed E-state index contributed by atoms with van der Waals surface area (Å²) in [6.45, 7) is 2.17. The standard InChI is InChI=1S/C15H13ClFNOS/c1-9-5-6-10(11(16)7-9)8-19-13-4-2-3-12(17)14(13)15(18)20/h2-7H,8H2,1H3,(H2,18,20). The average Bonchev–Trinajstić information content (AvgIpc) is 2.37. The van der Waals surface area contributed by atoms with Gasteiger partial charge in [0.05, 0.1) is 5.56 Å². The molecule has 0 spiro atoms. The minimum Gasteiger partial charge on any atom is -0.488 e. The van der Waals surface area contributed by atoms with Gasteiger partial charge in [0.25, 0.3) is 0 Å². The van der Waals surface area contributed by atoms with Gasteiger partial charge in [-0.2, -0.15) is 0 Å². The van der Waals surface area contributed by atoms with Crippen LogP contribution in [-0.2, 0) is 6.61 Å². The van der Waals surface area contributed by atoms with Gasteiger partial charge < -0.3 is 10.5 Å². The first-order valence-corrected chi connectivity index (χ1v) is 6.74. The summed E-state index contributed by atoms with van der Waals surface area (Å²) < 4.78 is 19.3. The maximum absolute atomic E-state index is 13.7. The van der Waals surface area contributed by atoms with Gasteiger partial charge in [-0.25, -0.2) is 4.39 Å². The molecular weight excluding hydrogens is 297 g/mol. The normalized spacial score (nSPS) is 10.3. The Bertz CT molecular complexity index is 660. The zero-order valence-corrected chi connectivity index (χ0v) is 12.4. The molecule has 20 heavy (non-hydrogen) atoms. The van der Waals surface area contributed by atoms with Crippen molar-refractivity contribution in [3.05, 3.63) is 63.9 Å². The van der Waals surface area contributed by atoms with Crippen LogP contribution in [0.4, 0.5) is 4.39 Å². The molecule has 0 saturated carbocycles. The molecule has 0 atom stereocenters. The highest BCUT2D eigenvalue weighted by Gasteiger charge is 2.12. The third kappa shape index (κ3) is 3.26. The first kappa shape index (κ1) is 14.8. The Morgan fingerprint density at radius 1 is 1.35 bits per heavy atom. The van der Waals surface area contributed by atoms with Crippen molar-refractivity contribution in [1.29, 1.82) is 0 Å². The van der Waals surface area contributed by atoms with Crippen LogP contribution in [0.1, 0.15) is 16.7 Å². The number of nitrogens with two attached hydrogens (primary N) is 1. The third-order valence-electron chi connectivity index (χ3n) is 2.81. The van der Waals surface area contributed by atoms with Gasteiger partial charge in [0.15, 0.2) is 0 Å². The fourth-order valence-corrected chi connectivity index (χ4v) is 2.28. The smallest absolute Gasteiger partial charge is 0.137 e. The Labute approximate surface area is 127 Å². The lowest BCUT2D eigenvalue weighted by Crippen LogP contribution is -2.14. The molecule has 2 nitrogen and oxygen atoms in total. The first-order valence-electron chi connectivity index (χ1n) is 5.95. The summed E-state index contributed by atoms with van der Waals surface area (Å²) in [5, 5.41) is 0.610. The molecule has 0 radical (unpaired) electrons. The van der Waals surface area contributed by atoms with Crippen molar-refractivity contribution in [2.45, 2.75) is 13.5 Å². The maximum atomic E-state index is 13.7. The van der Waals surface area contributed by atoms with Crippen molar-refractivity contribution in [2.75, 3.05) is 0 Å². The predicted octanol–water partition coefficient (Wildman–Crippen LogP) is 4.00. The number of ether oxygens (including phenoxy) is 1. The summed E-state index contributed by atoms with van der Waals surface area (Å²) in [6, 6.07) is 10.1. The van der Waals surface area contributed by atoms with Crippen molar-refractivity contribution in [2.24, 2.45) is 5.73 Å². The van der Waals surface area contributed by atoms with Crippen LogP contribution in [-0.4, -0.2) is 4.99 Å². The Morgan fingerprint density at radius 2 is 2.10 bits per heavy atom. The second-order valence-corrected chi connectivity index (χ2v) is 5.21. The Kier molecular flexibility index (Phi) is 4.57. The van der Waals surface area contributed by atoms with Crippen molar-refractivity contribution in [3.8, 4) is 5.75 Å². The fraction of sp³-hybridized carbons (Fsp3) is 0.133. The Balaban J connectivity index is 2.23. The number of rotatable bonds is 4. The number of thiocarbonyl (C=S) groups is 1. The van der Waals surface area contributed by atoms with Crippen LogP contribution in [0, 0.1) is 12.7 Å². The molecule has 0 unspecified atom stereocenters. The van der Waals surface area contributed by atoms with Crippen LogP contribution in [0.25, 0.3) is 0 Å². The summed E-state index contributed by atoms with van der Waals surface area (Å²) in [7, 11) is 0. The number of hydrogen-bond donors (Lipinski definition) is 1. The monoisotopic (exact) mass is 309 g/mol. The van der Waals surface area contributed by atoms with Crippen LogP contribution in [0.15, 0.2) is 36.4 Å². The van der Waals surface area contributed by atoms with Crippen molar-refractivity contribution < 1.29 is 9.13 Å². The van der Waals surface area contributed by atoms with Crippen molar-refractivity contribution in [3.63, 3.8) is 0 Å². The quantitative estimate of drug-likeness (QED) is 0.867. The van der Waals surface area contributed by atoms with E-state index in [1.165, 1.54) is 6.07 Å². The highest BCUT2D eigenvalue weighted by Crippen LogP contribution is 2.24. The van der Waals surface area contributed by atoms with Gasteiger partial charge in [0.1, 0.15) is 23.2 Å². The van der Waals surface area contributed by atoms with E-state index in [0.29, 0.717) is 10.8 Å². The van der Waals surface area contributed by atoms with Gasteiger partial charge in [-0.3, -0.25) is 0 Å². The number of aryl methyl sites for hydroxylation is 1. The second kappa shape index (κ2) is 6.20. The van der Waals surface area contributed by atoms with Crippen molar-refractivity contribution >= 4 is 28.8 Å². The second-order valence-electron chi connectivity index (χ2n) is 4.36. The molecule has 2 aromatic rings. The van der Waals surface area contributed by atoms with E-state index in [4.69, 9.17) is 34.3 Å². The lowest BCUT2D eigenvalue weighted by atomic mass is 10.1. The van der Waals surface area contributed by atoms with E-state index < -0.39 is 5.82 Å². The molecule has 2 rings (SSSR count). The van der Waals surface area contributed by atoms with Gasteiger partial charge in [0.2, 0.25) is 0 Å². The first-order chi connectivity index (χ1) is 9.49. The van der Waals surface area contributed by atoms with Gasteiger partial charge >= 0.3 is 0 Å². The van der Waals surface area contributed by atoms with Crippen LogP contribution < -0.4 is 10.5 Å². The number of halogens is 2. The lowest BCUT2D eigenvalue weighted by molar-refractivity contribution is 0.304. The van der Waals surface area contributed by atoms with E-state index in [0.717, 1.165) is 11.1 Å². The van der Waals surface area contributed by atoms with Crippen LogP contribution >= 0.6 is 23.8 Å². The fourth-order valence-electron chi connectivity index (χ4n) is 1.79. The molecule has 0 amide bonds. The minimum absolute atomic E-state index is 0.0342. The molecule has 5 heteroatoms. The molecule has 104 valence electrons. The molecule has 0 aliphatic heterocycles. The summed E-state index contributed by atoms with van der Waals surface area (Å²) in [6.07, 6.45) is 0. The lowest BCUT2D eigenvalue weighted by Gasteiger charge is -2.12. The Morgan fingerprint density at radius 3 is 2.75 bits per heavy atom. The summed E-state index contributed by atoms with van der Waals surface area (Å²) in [5.41, 5.74) is 7.51. The zero-order valence-electron chi connectivity index (χ0n) is 10.8. The van der Waals surface area contributed by atoms with E-state index in [1.807, 2.05) is 25.1 Å². The summed E-state index contributed by atoms with van der Waals surface area (Å²) in [4.78, 5) is -0.0342. The molecule has 0 aliphatic carbocycles. The highest BCUT2D eigenvalue weighted by molar-refractivity contribution is 7.80. The molecule has 0 heterocycles. The van der Waals surface area contributed by atoms with E-state index in [2.05, 4.69) is 0 Å². The van der Waals surface area contributed by atoms with Gasteiger partial charge in [-0.15, -0.1) is 0 Å². The van der Waals surface area contributed by atoms with Crippen LogP contribution in [0.3, 0.4) is 0 Å². The average molecular weight is 310 g/mol. The van der Waals surface area contributed by atoms with Gasteiger partial charge in [-0.05, 0) is 30.7 Å². The van der Waals surface area contributed by atoms with Gasteiger partial charge in [-0.1, -0.05) is 42.0 Å². The third-order valence-corrected chi connectivity index (χ3v) is 3.37. The summed E-state index contributed by atoms with van der Waals surface area (Å²) >= 11 is 11.0. The maximum Gasteiger partial charge on any atom is 0.137 e. The molecule has 0 fully saturated rings. The molecule has 0 saturated heterocycles. The van der Waals surface area contributed by atoms with E-state index >= 15 is 0 Å². The largest absolute Gasteiger partial charge is 0.488 e. The SMILES string of the molecule is Cc1ccc(COc2cccc(F)c2C(N)=S)c(Cl)c1. The topological polar surface area (TPSA) is 35.2 Å². The molecule has 0 aromatic heterocycles. The Hall–Kier alpha value is -1.65. The molecule has 2 N–H and O–H groups in total. The van der Waals surface area contributed by atoms with Gasteiger partial charge in [0, 0.05) is 10.6 Å². The van der Waals surface area contributed by atoms with E-state index in [1.54, 1.807) is 12.1 Å². The van der Waals surface area contributed by atoms with E-state index in [9.17, 15) is 4.39 Å². The van der Waals surface area contributed by atoms with Crippen LogP contribution in [0.5, 0.6) is 5.75 Å². The highest BCUT2D eigenvalue weighted by atomic mass is 35.5. The van der Waals surface area contributed by atoms with Crippen LogP contribution in [0.2, 0.25) is 5.02 Å². The summed E-state index contributed by atoms with van der Waals surface area (Å²) in [5.74, 6) is -0.181. The molecule has 0 bridgehead atoms. The molecule has 2 aromatic carbocycles. The van der Waals surface area contributed by atoms with E-state index in [-0.39, 0.29) is 17.2 Å². The number of benzene rings is 2.